The summed E-state index contributed by atoms with van der Waals surface area (Å²) in [7, 11) is 0. The SMILES string of the molecule is OC[C@H]1O[C@@H](Oc2ccc(C3=c4ccc([nH]4)=C(c4ccc(O[C@@H]5O[C@H](CO)[C@@H](O)[C@H](O)[C@H]5O)cc4)c4ccc([nH]4)C(c4ccc(O[C@@H]5O[C@H](CO)[C@@H](O)[C@H](O)[C@H]5O)cc4)=c4ccc([nH]4)=C(c4ccc(O[C@@H]5O[C@H](CO)[C@@H](O)[C@H](O)[C@H]5O)cc4)c4ccc3[nH]4)cc2)[C@H](O)[C@@H](O)[C@@H]1O. The average Bonchev–Trinajstić information content (AvgIpc) is 1.59. The van der Waals surface area contributed by atoms with Crippen molar-refractivity contribution in [1.82, 2.24) is 19.9 Å². The van der Waals surface area contributed by atoms with E-state index >= 15 is 0 Å². The standard InChI is InChI=1S/C68H72N4O24/c73-25-45-53(77)57(81)61(85)65(93-45)89-33-9-1-29(2-10-33)49-37-17-19-39(69-37)50(30-3-11-34(12-4-30)90-66-62(86)58(82)54(78)46(26-74)94-66)41-21-23-43(71-41)52(32-7-15-36(16-8-32)92-68-64(88)60(84)56(80)48(28-76)96-68)44-24-22-42(72-44)51(40-20-18-38(49)70-40)31-5-13-35(14-6-31)91-67-63(87)59(83)55(79)47(27-75)95-67/h1-24,45-48,53-88H,25-28H2/t45-,46-,47-,48-,53-,54-,55-,56-,57+,58+,59+,60+,61-,62-,63-,64-,65-,66-,67-,68-/m1/s1. The first-order valence-corrected chi connectivity index (χ1v) is 30.9. The maximum atomic E-state index is 10.9. The van der Waals surface area contributed by atoms with Crippen molar-refractivity contribution in [3.05, 3.63) is 212 Å². The lowest BCUT2D eigenvalue weighted by Gasteiger charge is -2.39. The molecule has 8 aromatic rings. The van der Waals surface area contributed by atoms with Crippen molar-refractivity contribution in [2.75, 3.05) is 26.4 Å². The molecule has 5 aliphatic rings. The number of rotatable bonds is 16. The van der Waals surface area contributed by atoms with Gasteiger partial charge in [0, 0.05) is 66.5 Å². The van der Waals surface area contributed by atoms with Gasteiger partial charge in [-0.25, -0.2) is 0 Å². The summed E-state index contributed by atoms with van der Waals surface area (Å²) in [5.74, 6) is 0.830. The zero-order valence-corrected chi connectivity index (χ0v) is 50.7. The molecule has 4 aromatic carbocycles. The van der Waals surface area contributed by atoms with Gasteiger partial charge in [0.05, 0.1) is 26.4 Å². The Balaban J connectivity index is 0.964. The van der Waals surface area contributed by atoms with Crippen molar-refractivity contribution < 1.29 is 120 Å². The summed E-state index contributed by atoms with van der Waals surface area (Å²) in [5.41, 5.74) is 7.48. The molecule has 0 spiro atoms. The van der Waals surface area contributed by atoms with E-state index in [1.54, 1.807) is 97.1 Å². The predicted molar refractivity (Wildman–Crippen MR) is 331 cm³/mol. The molecule has 4 fully saturated rings. The molecule has 0 unspecified atom stereocenters. The van der Waals surface area contributed by atoms with E-state index in [2.05, 4.69) is 19.9 Å². The molecule has 4 saturated heterocycles. The van der Waals surface area contributed by atoms with Gasteiger partial charge in [-0.3, -0.25) is 0 Å². The molecule has 0 saturated carbocycles. The number of H-pyrrole nitrogens is 4. The van der Waals surface area contributed by atoms with Gasteiger partial charge in [0.1, 0.15) is 121 Å². The van der Waals surface area contributed by atoms with E-state index in [1.165, 1.54) is 0 Å². The fraction of sp³-hybridized carbons (Fsp3) is 0.353. The number of fused-ring (bicyclic) bond motifs is 8. The van der Waals surface area contributed by atoms with Gasteiger partial charge in [-0.2, -0.15) is 0 Å². The lowest BCUT2D eigenvalue weighted by atomic mass is 9.99. The fourth-order valence-electron chi connectivity index (χ4n) is 12.6. The van der Waals surface area contributed by atoms with Gasteiger partial charge >= 0.3 is 0 Å². The number of aliphatic hydroxyl groups is 16. The molecule has 0 amide bonds. The van der Waals surface area contributed by atoms with Crippen LogP contribution >= 0.6 is 0 Å². The molecule has 28 heteroatoms. The van der Waals surface area contributed by atoms with E-state index in [-0.39, 0.29) is 23.0 Å². The van der Waals surface area contributed by atoms with Gasteiger partial charge in [0.15, 0.2) is 0 Å². The van der Waals surface area contributed by atoms with E-state index in [0.717, 1.165) is 0 Å². The van der Waals surface area contributed by atoms with Crippen LogP contribution in [0.4, 0.5) is 0 Å². The average molecular weight is 1330 g/mol. The zero-order valence-electron chi connectivity index (χ0n) is 50.7. The summed E-state index contributed by atoms with van der Waals surface area (Å²) in [6.07, 6.45) is -30.6. The van der Waals surface area contributed by atoms with Gasteiger partial charge in [0.25, 0.3) is 0 Å². The summed E-state index contributed by atoms with van der Waals surface area (Å²) in [6.45, 7) is -2.63. The maximum Gasteiger partial charge on any atom is 0.229 e. The molecule has 4 aromatic heterocycles. The maximum absolute atomic E-state index is 10.9. The van der Waals surface area contributed by atoms with Crippen molar-refractivity contribution >= 4 is 22.3 Å². The predicted octanol–water partition coefficient (Wildman–Crippen LogP) is -4.98. The Morgan fingerprint density at radius 1 is 0.240 bits per heavy atom. The number of ether oxygens (including phenoxy) is 8. The number of hydrogen-bond donors (Lipinski definition) is 20. The highest BCUT2D eigenvalue weighted by Crippen LogP contribution is 2.35. The molecule has 13 rings (SSSR count). The Bertz CT molecular complexity index is 3710. The molecule has 20 N–H and O–H groups in total. The Morgan fingerprint density at radius 2 is 0.438 bits per heavy atom. The second-order valence-electron chi connectivity index (χ2n) is 24.0. The number of aromatic nitrogens is 4. The molecule has 28 nitrogen and oxygen atoms in total. The lowest BCUT2D eigenvalue weighted by Crippen LogP contribution is -2.60. The Hall–Kier alpha value is -8.12. The second kappa shape index (κ2) is 27.8. The van der Waals surface area contributed by atoms with E-state index in [1.807, 2.05) is 48.5 Å². The van der Waals surface area contributed by atoms with E-state index in [9.17, 15) is 81.7 Å². The van der Waals surface area contributed by atoms with Crippen LogP contribution in [0.2, 0.25) is 0 Å². The van der Waals surface area contributed by atoms with Crippen LogP contribution in [-0.2, 0) is 18.9 Å². The third-order valence-electron chi connectivity index (χ3n) is 17.9. The molecule has 0 aliphatic carbocycles. The fourth-order valence-corrected chi connectivity index (χ4v) is 12.6. The molecular formula is C68H72N4O24. The summed E-state index contributed by atoms with van der Waals surface area (Å²) in [6, 6.07) is 42.3. The van der Waals surface area contributed by atoms with Gasteiger partial charge in [-0.15, -0.1) is 0 Å². The molecule has 0 radical (unpaired) electrons. The third kappa shape index (κ3) is 12.8. The normalized spacial score (nSPS) is 31.7. The lowest BCUT2D eigenvalue weighted by molar-refractivity contribution is -0.277. The number of aromatic amines is 4. The van der Waals surface area contributed by atoms with Gasteiger partial charge in [0.2, 0.25) is 25.2 Å². The number of nitrogens with one attached hydrogen (secondary N) is 4. The van der Waals surface area contributed by atoms with Crippen LogP contribution in [0, 0.1) is 0 Å². The number of hydrogen-bond acceptors (Lipinski definition) is 24. The van der Waals surface area contributed by atoms with E-state index in [0.29, 0.717) is 88.7 Å². The number of benzene rings is 4. The molecule has 96 heavy (non-hydrogen) atoms. The van der Waals surface area contributed by atoms with Gasteiger partial charge in [-0.05, 0) is 119 Å². The summed E-state index contributed by atoms with van der Waals surface area (Å²) in [4.78, 5) is 14.7. The van der Waals surface area contributed by atoms with Crippen LogP contribution in [0.15, 0.2) is 146 Å². The minimum Gasteiger partial charge on any atom is -0.462 e. The quantitative estimate of drug-likeness (QED) is 0.0431. The Labute approximate surface area is 544 Å². The van der Waals surface area contributed by atoms with Gasteiger partial charge < -0.3 is 140 Å². The summed E-state index contributed by atoms with van der Waals surface area (Å²) < 4.78 is 46.6. The molecule has 8 bridgehead atoms. The van der Waals surface area contributed by atoms with Gasteiger partial charge in [-0.1, -0.05) is 48.5 Å². The topological polar surface area (TPSA) is 461 Å². The second-order valence-corrected chi connectivity index (χ2v) is 24.0. The largest absolute Gasteiger partial charge is 0.462 e. The highest BCUT2D eigenvalue weighted by atomic mass is 16.7. The molecular weight excluding hydrogens is 1260 g/mol. The Morgan fingerprint density at radius 3 is 0.625 bits per heavy atom. The summed E-state index contributed by atoms with van der Waals surface area (Å²) >= 11 is 0. The molecule has 9 heterocycles. The van der Waals surface area contributed by atoms with Crippen LogP contribution in [-0.4, -0.2) is 251 Å². The zero-order chi connectivity index (χ0) is 67.4. The van der Waals surface area contributed by atoms with Crippen LogP contribution in [0.3, 0.4) is 0 Å². The summed E-state index contributed by atoms with van der Waals surface area (Å²) in [5, 5.41) is 169. The number of aliphatic hydroxyl groups excluding tert-OH is 16. The van der Waals surface area contributed by atoms with Crippen LogP contribution in [0.1, 0.15) is 45.0 Å². The highest BCUT2D eigenvalue weighted by Gasteiger charge is 2.48. The van der Waals surface area contributed by atoms with Crippen LogP contribution < -0.4 is 40.3 Å². The van der Waals surface area contributed by atoms with Crippen molar-refractivity contribution in [3.63, 3.8) is 0 Å². The third-order valence-corrected chi connectivity index (χ3v) is 17.9. The first-order valence-electron chi connectivity index (χ1n) is 30.9. The van der Waals surface area contributed by atoms with E-state index < -0.39 is 149 Å². The Kier molecular flexibility index (Phi) is 19.2. The molecule has 20 atom stereocenters. The minimum absolute atomic E-state index is 0.207. The van der Waals surface area contributed by atoms with Crippen molar-refractivity contribution in [1.29, 1.82) is 0 Å². The van der Waals surface area contributed by atoms with Crippen LogP contribution in [0.5, 0.6) is 23.0 Å². The smallest absolute Gasteiger partial charge is 0.229 e. The van der Waals surface area contributed by atoms with Crippen molar-refractivity contribution in [2.45, 2.75) is 123 Å². The van der Waals surface area contributed by atoms with Crippen molar-refractivity contribution in [3.8, 4) is 23.0 Å². The monoisotopic (exact) mass is 1330 g/mol. The van der Waals surface area contributed by atoms with E-state index in [4.69, 9.17) is 37.9 Å². The molecule has 5 aliphatic heterocycles. The first-order chi connectivity index (χ1) is 46.3. The first kappa shape index (κ1) is 66.5. The minimum atomic E-state index is -1.68. The van der Waals surface area contributed by atoms with Crippen LogP contribution in [0.25, 0.3) is 22.3 Å². The van der Waals surface area contributed by atoms with Crippen molar-refractivity contribution in [2.24, 2.45) is 0 Å². The molecule has 508 valence electrons. The highest BCUT2D eigenvalue weighted by molar-refractivity contribution is 5.85.